The number of carbonyl (C=O) groups excluding carboxylic acids is 6. The molecule has 15 nitrogen and oxygen atoms in total. The summed E-state index contributed by atoms with van der Waals surface area (Å²) >= 11 is 2.42. The van der Waals surface area contributed by atoms with Gasteiger partial charge in [0.05, 0.1) is 12.4 Å². The maximum absolute atomic E-state index is 13.3. The number of hydrogen-bond acceptors (Lipinski definition) is 10. The van der Waals surface area contributed by atoms with E-state index in [1.165, 1.54) is 49.9 Å². The van der Waals surface area contributed by atoms with Crippen LogP contribution in [0.25, 0.3) is 0 Å². The number of carbonyl (C=O) groups is 6. The van der Waals surface area contributed by atoms with Crippen molar-refractivity contribution in [1.82, 2.24) is 36.6 Å². The Balaban J connectivity index is 2.34. The van der Waals surface area contributed by atoms with Crippen LogP contribution >= 0.6 is 23.5 Å². The highest BCUT2D eigenvalue weighted by atomic mass is 32.2. The summed E-state index contributed by atoms with van der Waals surface area (Å²) in [4.78, 5) is 83.2. The lowest BCUT2D eigenvalue weighted by atomic mass is 10.0. The first kappa shape index (κ1) is 34.9. The van der Waals surface area contributed by atoms with Crippen molar-refractivity contribution in [2.24, 2.45) is 11.7 Å². The van der Waals surface area contributed by atoms with E-state index in [1.807, 2.05) is 0 Å². The molecule has 5 unspecified atom stereocenters. The molecule has 6 atom stereocenters. The summed E-state index contributed by atoms with van der Waals surface area (Å²) in [5.74, 6) is -3.62. The van der Waals surface area contributed by atoms with Gasteiger partial charge in [0, 0.05) is 48.2 Å². The Kier molecular flexibility index (Phi) is 14.1. The number of thioether (sulfide) groups is 2. The zero-order chi connectivity index (χ0) is 31.4. The summed E-state index contributed by atoms with van der Waals surface area (Å²) < 4.78 is 0. The molecule has 42 heavy (non-hydrogen) atoms. The number of nitrogens with one attached hydrogen (secondary N) is 6. The molecule has 1 aliphatic heterocycles. The third-order valence-electron chi connectivity index (χ3n) is 6.15. The van der Waals surface area contributed by atoms with Crippen LogP contribution in [-0.4, -0.2) is 110 Å². The molecule has 1 fully saturated rings. The fraction of sp³-hybridized carbons (Fsp3) is 0.640. The first-order valence-electron chi connectivity index (χ1n) is 13.4. The van der Waals surface area contributed by atoms with E-state index in [-0.39, 0.29) is 35.4 Å². The van der Waals surface area contributed by atoms with Crippen molar-refractivity contribution in [2.45, 2.75) is 70.4 Å². The molecule has 234 valence electrons. The monoisotopic (exact) mass is 628 g/mol. The van der Waals surface area contributed by atoms with Gasteiger partial charge in [0.1, 0.15) is 30.2 Å². The van der Waals surface area contributed by atoms with Crippen molar-refractivity contribution >= 4 is 59.0 Å². The Morgan fingerprint density at radius 3 is 2.24 bits per heavy atom. The fourth-order valence-electron chi connectivity index (χ4n) is 3.87. The molecule has 1 saturated heterocycles. The number of aromatic amines is 1. The van der Waals surface area contributed by atoms with E-state index in [1.54, 1.807) is 13.8 Å². The maximum Gasteiger partial charge on any atom is 0.244 e. The van der Waals surface area contributed by atoms with E-state index in [0.717, 1.165) is 0 Å². The Morgan fingerprint density at radius 2 is 1.67 bits per heavy atom. The zero-order valence-electron chi connectivity index (χ0n) is 24.0. The fourth-order valence-corrected chi connectivity index (χ4v) is 6.02. The summed E-state index contributed by atoms with van der Waals surface area (Å²) in [5.41, 5.74) is 6.02. The minimum atomic E-state index is -1.15. The lowest BCUT2D eigenvalue weighted by Gasteiger charge is -2.27. The van der Waals surface area contributed by atoms with Crippen LogP contribution in [0.4, 0.5) is 0 Å². The van der Waals surface area contributed by atoms with Crippen LogP contribution in [0.3, 0.4) is 0 Å². The molecule has 0 saturated carbocycles. The first-order valence-corrected chi connectivity index (χ1v) is 15.7. The second kappa shape index (κ2) is 17.0. The van der Waals surface area contributed by atoms with Gasteiger partial charge in [-0.2, -0.15) is 23.5 Å². The Labute approximate surface area is 252 Å². The van der Waals surface area contributed by atoms with Gasteiger partial charge >= 0.3 is 0 Å². The molecule has 1 aromatic rings. The summed E-state index contributed by atoms with van der Waals surface area (Å²) in [6.07, 6.45) is 2.07. The summed E-state index contributed by atoms with van der Waals surface area (Å²) in [6.45, 7) is 6.09. The number of nitrogens with zero attached hydrogens (tertiary/aromatic N) is 1. The van der Waals surface area contributed by atoms with Crippen molar-refractivity contribution < 1.29 is 33.9 Å². The van der Waals surface area contributed by atoms with Crippen molar-refractivity contribution in [3.63, 3.8) is 0 Å². The van der Waals surface area contributed by atoms with E-state index < -0.39 is 71.8 Å². The Hall–Kier alpha value is -3.31. The highest BCUT2D eigenvalue weighted by Crippen LogP contribution is 2.13. The number of amides is 6. The third-order valence-corrected chi connectivity index (χ3v) is 8.53. The largest absolute Gasteiger partial charge is 0.391 e. The average Bonchev–Trinajstić information content (AvgIpc) is 3.42. The number of nitrogens with two attached hydrogens (primary N) is 1. The first-order chi connectivity index (χ1) is 19.8. The van der Waals surface area contributed by atoms with Crippen LogP contribution in [-0.2, 0) is 35.2 Å². The molecule has 0 aromatic carbocycles. The maximum atomic E-state index is 13.3. The summed E-state index contributed by atoms with van der Waals surface area (Å²) in [5, 5.41) is 23.4. The quantitative estimate of drug-likeness (QED) is 0.169. The smallest absolute Gasteiger partial charge is 0.244 e. The number of rotatable bonds is 5. The van der Waals surface area contributed by atoms with Gasteiger partial charge in [-0.25, -0.2) is 4.98 Å². The molecular formula is C25H40N8O7S2. The minimum absolute atomic E-state index is 0.00726. The molecule has 2 heterocycles. The average molecular weight is 629 g/mol. The van der Waals surface area contributed by atoms with Gasteiger partial charge in [0.2, 0.25) is 35.4 Å². The van der Waals surface area contributed by atoms with Gasteiger partial charge in [-0.15, -0.1) is 0 Å². The zero-order valence-corrected chi connectivity index (χ0v) is 25.6. The molecule has 6 amide bonds. The third kappa shape index (κ3) is 11.5. The van der Waals surface area contributed by atoms with Gasteiger partial charge in [-0.05, 0) is 12.8 Å². The Morgan fingerprint density at radius 1 is 1.00 bits per heavy atom. The number of hydrogen-bond donors (Lipinski definition) is 8. The van der Waals surface area contributed by atoms with Crippen LogP contribution in [0.15, 0.2) is 12.5 Å². The second-order valence-corrected chi connectivity index (χ2v) is 12.4. The Bertz CT molecular complexity index is 1100. The number of aliphatic hydroxyl groups excluding tert-OH is 1. The molecule has 0 aliphatic carbocycles. The minimum Gasteiger partial charge on any atom is -0.391 e. The van der Waals surface area contributed by atoms with Gasteiger partial charge in [-0.3, -0.25) is 28.8 Å². The lowest BCUT2D eigenvalue weighted by Crippen LogP contribution is -2.60. The number of imidazole rings is 1. The van der Waals surface area contributed by atoms with E-state index in [9.17, 15) is 33.9 Å². The molecule has 2 rings (SSSR count). The molecular weight excluding hydrogens is 588 g/mol. The molecule has 0 radical (unpaired) electrons. The second-order valence-electron chi connectivity index (χ2n) is 10.2. The SMILES string of the molecule is CC(=O)NC1CSCC(O)CSCC(C(N)=O)NC(=O)[C@H](C(C)C)NC(=O)C(C)NC(=O)C(Cc2cnc[nH]2)NC1=O. The van der Waals surface area contributed by atoms with E-state index in [2.05, 4.69) is 36.6 Å². The van der Waals surface area contributed by atoms with Crippen LogP contribution < -0.4 is 32.3 Å². The van der Waals surface area contributed by atoms with Crippen LogP contribution in [0.1, 0.15) is 33.4 Å². The predicted molar refractivity (Wildman–Crippen MR) is 158 cm³/mol. The normalized spacial score (nSPS) is 27.7. The van der Waals surface area contributed by atoms with Crippen LogP contribution in [0.5, 0.6) is 0 Å². The molecule has 1 aliphatic rings. The molecule has 0 spiro atoms. The highest BCUT2D eigenvalue weighted by Gasteiger charge is 2.32. The highest BCUT2D eigenvalue weighted by molar-refractivity contribution is 8.00. The van der Waals surface area contributed by atoms with Gasteiger partial charge < -0.3 is 42.4 Å². The van der Waals surface area contributed by atoms with Crippen molar-refractivity contribution in [1.29, 1.82) is 0 Å². The molecule has 17 heteroatoms. The summed E-state index contributed by atoms with van der Waals surface area (Å²) in [6, 6.07) is -5.38. The van der Waals surface area contributed by atoms with Crippen molar-refractivity contribution in [2.75, 3.05) is 23.0 Å². The standard InChI is InChI=1S/C25H40N8O7S2/c1-12(2)20-25(40)32-18(21(26)36)9-41-7-16(35)8-42-10-19(30-14(4)34)24(39)31-17(5-15-6-27-11-28-15)23(38)29-13(3)22(37)33-20/h6,11-13,16-20,35H,5,7-10H2,1-4H3,(H2,26,36)(H,27,28)(H,29,38)(H,30,34)(H,31,39)(H,32,40)(H,33,37)/t13?,16?,17?,18?,19?,20-/m0/s1. The van der Waals surface area contributed by atoms with Gasteiger partial charge in [-0.1, -0.05) is 13.8 Å². The van der Waals surface area contributed by atoms with Gasteiger partial charge in [0.15, 0.2) is 0 Å². The van der Waals surface area contributed by atoms with Gasteiger partial charge in [0.25, 0.3) is 0 Å². The molecule has 0 bridgehead atoms. The lowest BCUT2D eigenvalue weighted by molar-refractivity contribution is -0.135. The predicted octanol–water partition coefficient (Wildman–Crippen LogP) is -2.60. The summed E-state index contributed by atoms with van der Waals surface area (Å²) in [7, 11) is 0. The van der Waals surface area contributed by atoms with Crippen LogP contribution in [0, 0.1) is 5.92 Å². The van der Waals surface area contributed by atoms with Crippen molar-refractivity contribution in [3.05, 3.63) is 18.2 Å². The van der Waals surface area contributed by atoms with Crippen molar-refractivity contribution in [3.8, 4) is 0 Å². The van der Waals surface area contributed by atoms with E-state index >= 15 is 0 Å². The van der Waals surface area contributed by atoms with Crippen LogP contribution in [0.2, 0.25) is 0 Å². The number of H-pyrrole nitrogens is 1. The topological polar surface area (TPSA) is 237 Å². The molecule has 9 N–H and O–H groups in total. The number of aliphatic hydroxyl groups is 1. The number of primary amides is 1. The molecule has 1 aromatic heterocycles. The van der Waals surface area contributed by atoms with E-state index in [4.69, 9.17) is 5.73 Å². The number of aromatic nitrogens is 2. The van der Waals surface area contributed by atoms with E-state index in [0.29, 0.717) is 5.69 Å².